The van der Waals surface area contributed by atoms with E-state index < -0.39 is 20.1 Å². The predicted molar refractivity (Wildman–Crippen MR) is 120 cm³/mol. The molecule has 2 aromatic carbocycles. The van der Waals surface area contributed by atoms with Gasteiger partial charge in [0.2, 0.25) is 10.0 Å². The van der Waals surface area contributed by atoms with E-state index in [0.717, 1.165) is 5.56 Å². The molecule has 0 spiro atoms. The summed E-state index contributed by atoms with van der Waals surface area (Å²) in [6.45, 7) is 11.4. The molecule has 0 unspecified atom stereocenters. The molecule has 0 radical (unpaired) electrons. The molecule has 0 aliphatic carbocycles. The Morgan fingerprint density at radius 2 is 1.57 bits per heavy atom. The zero-order chi connectivity index (χ0) is 22.7. The lowest BCUT2D eigenvalue weighted by atomic mass is 9.87. The van der Waals surface area contributed by atoms with Gasteiger partial charge in [0.15, 0.2) is 0 Å². The molecule has 30 heavy (non-hydrogen) atoms. The fourth-order valence-electron chi connectivity index (χ4n) is 2.89. The van der Waals surface area contributed by atoms with Gasteiger partial charge in [0.25, 0.3) is 0 Å². The Hall–Kier alpha value is -1.90. The molecule has 0 fully saturated rings. The molecule has 0 saturated carbocycles. The highest BCUT2D eigenvalue weighted by Crippen LogP contribution is 2.27. The maximum absolute atomic E-state index is 13.3. The lowest BCUT2D eigenvalue weighted by Crippen LogP contribution is -2.36. The molecule has 0 saturated heterocycles. The first-order chi connectivity index (χ1) is 13.8. The molecule has 0 aromatic heterocycles. The lowest BCUT2D eigenvalue weighted by molar-refractivity contribution is 0.347. The molecule has 166 valence electrons. The number of hydrogen-bond donors (Lipinski definition) is 0. The predicted octanol–water partition coefficient (Wildman–Crippen LogP) is 4.31. The van der Waals surface area contributed by atoms with Crippen molar-refractivity contribution >= 4 is 20.1 Å². The van der Waals surface area contributed by atoms with E-state index in [0.29, 0.717) is 5.56 Å². The van der Waals surface area contributed by atoms with Gasteiger partial charge in [0.1, 0.15) is 5.75 Å². The standard InChI is InChI=1S/C22H31NO5S2/c1-7-29(24,25)28-20-10-8-9-18(15-20)16-23(17(2)3)30(26,27)21-13-11-19(12-14-21)22(4,5)6/h8-15,17H,7,16H2,1-6H3. The number of benzene rings is 2. The lowest BCUT2D eigenvalue weighted by Gasteiger charge is -2.27. The van der Waals surface area contributed by atoms with Crippen molar-refractivity contribution in [1.82, 2.24) is 4.31 Å². The van der Waals surface area contributed by atoms with Crippen LogP contribution in [0.4, 0.5) is 0 Å². The summed E-state index contributed by atoms with van der Waals surface area (Å²) in [6, 6.07) is 13.2. The van der Waals surface area contributed by atoms with Crippen molar-refractivity contribution in [2.75, 3.05) is 5.75 Å². The van der Waals surface area contributed by atoms with Crippen molar-refractivity contribution in [3.05, 3.63) is 59.7 Å². The van der Waals surface area contributed by atoms with Crippen molar-refractivity contribution in [2.45, 2.75) is 64.4 Å². The van der Waals surface area contributed by atoms with E-state index in [-0.39, 0.29) is 34.4 Å². The molecule has 0 aliphatic heterocycles. The van der Waals surface area contributed by atoms with Crippen molar-refractivity contribution < 1.29 is 21.0 Å². The highest BCUT2D eigenvalue weighted by molar-refractivity contribution is 7.89. The quantitative estimate of drug-likeness (QED) is 0.556. The van der Waals surface area contributed by atoms with Crippen LogP contribution in [0.2, 0.25) is 0 Å². The summed E-state index contributed by atoms with van der Waals surface area (Å²) in [4.78, 5) is 0.227. The van der Waals surface area contributed by atoms with Crippen molar-refractivity contribution in [1.29, 1.82) is 0 Å². The summed E-state index contributed by atoms with van der Waals surface area (Å²) in [5, 5.41) is 0. The first-order valence-electron chi connectivity index (χ1n) is 9.90. The van der Waals surface area contributed by atoms with E-state index in [1.54, 1.807) is 30.3 Å². The van der Waals surface area contributed by atoms with Crippen LogP contribution in [-0.4, -0.2) is 32.9 Å². The van der Waals surface area contributed by atoms with Gasteiger partial charge < -0.3 is 4.18 Å². The zero-order valence-corrected chi connectivity index (χ0v) is 20.0. The van der Waals surface area contributed by atoms with Crippen molar-refractivity contribution in [3.8, 4) is 5.75 Å². The molecule has 0 aliphatic rings. The summed E-state index contributed by atoms with van der Waals surface area (Å²) in [6.07, 6.45) is 0. The third-order valence-electron chi connectivity index (χ3n) is 4.72. The Labute approximate surface area is 181 Å². The fourth-order valence-corrected chi connectivity index (χ4v) is 5.03. The van der Waals surface area contributed by atoms with Gasteiger partial charge in [-0.05, 0) is 61.6 Å². The largest absolute Gasteiger partial charge is 0.382 e. The Morgan fingerprint density at radius 3 is 2.07 bits per heavy atom. The van der Waals surface area contributed by atoms with Crippen LogP contribution in [-0.2, 0) is 32.1 Å². The van der Waals surface area contributed by atoms with E-state index in [4.69, 9.17) is 4.18 Å². The van der Waals surface area contributed by atoms with Gasteiger partial charge in [0, 0.05) is 12.6 Å². The monoisotopic (exact) mass is 453 g/mol. The maximum atomic E-state index is 13.3. The van der Waals surface area contributed by atoms with Gasteiger partial charge in [-0.3, -0.25) is 0 Å². The molecular formula is C22H31NO5S2. The number of nitrogens with zero attached hydrogens (tertiary/aromatic N) is 1. The Morgan fingerprint density at radius 1 is 0.967 bits per heavy atom. The van der Waals surface area contributed by atoms with Crippen LogP contribution in [0.1, 0.15) is 52.7 Å². The van der Waals surface area contributed by atoms with E-state index >= 15 is 0 Å². The molecule has 0 heterocycles. The van der Waals surface area contributed by atoms with Crippen LogP contribution >= 0.6 is 0 Å². The average Bonchev–Trinajstić information content (AvgIpc) is 2.65. The maximum Gasteiger partial charge on any atom is 0.308 e. The van der Waals surface area contributed by atoms with Gasteiger partial charge >= 0.3 is 10.1 Å². The molecule has 2 rings (SSSR count). The van der Waals surface area contributed by atoms with Crippen LogP contribution < -0.4 is 4.18 Å². The second kappa shape index (κ2) is 9.08. The third kappa shape index (κ3) is 6.06. The van der Waals surface area contributed by atoms with Crippen LogP contribution in [0.15, 0.2) is 53.4 Å². The summed E-state index contributed by atoms with van der Waals surface area (Å²) in [5.74, 6) is 0.0267. The van der Waals surface area contributed by atoms with Crippen LogP contribution in [0, 0.1) is 0 Å². The summed E-state index contributed by atoms with van der Waals surface area (Å²) < 4.78 is 56.5. The molecule has 2 aromatic rings. The molecule has 6 nitrogen and oxygen atoms in total. The van der Waals surface area contributed by atoms with Gasteiger partial charge in [0.05, 0.1) is 10.6 Å². The van der Waals surface area contributed by atoms with Crippen molar-refractivity contribution in [2.24, 2.45) is 0 Å². The van der Waals surface area contributed by atoms with Gasteiger partial charge in [-0.2, -0.15) is 12.7 Å². The Balaban J connectivity index is 2.34. The minimum Gasteiger partial charge on any atom is -0.382 e. The third-order valence-corrected chi connectivity index (χ3v) is 7.91. The second-order valence-corrected chi connectivity index (χ2v) is 12.2. The first kappa shape index (κ1) is 24.4. The fraction of sp³-hybridized carbons (Fsp3) is 0.455. The molecule has 0 N–H and O–H groups in total. The minimum atomic E-state index is -3.74. The molecule has 0 amide bonds. The van der Waals surface area contributed by atoms with Crippen LogP contribution in [0.5, 0.6) is 5.75 Å². The van der Waals surface area contributed by atoms with Gasteiger partial charge in [-0.25, -0.2) is 8.42 Å². The number of hydrogen-bond acceptors (Lipinski definition) is 5. The number of rotatable bonds is 8. The number of sulfonamides is 1. The van der Waals surface area contributed by atoms with Crippen LogP contribution in [0.3, 0.4) is 0 Å². The Bertz CT molecular complexity index is 1070. The van der Waals surface area contributed by atoms with Crippen molar-refractivity contribution in [3.63, 3.8) is 0 Å². The molecule has 0 bridgehead atoms. The van der Waals surface area contributed by atoms with E-state index in [1.165, 1.54) is 17.3 Å². The second-order valence-electron chi connectivity index (χ2n) is 8.50. The topological polar surface area (TPSA) is 80.8 Å². The average molecular weight is 454 g/mol. The van der Waals surface area contributed by atoms with Crippen LogP contribution in [0.25, 0.3) is 0 Å². The summed E-state index contributed by atoms with van der Waals surface area (Å²) in [5.41, 5.74) is 1.63. The minimum absolute atomic E-state index is 0.0701. The smallest absolute Gasteiger partial charge is 0.308 e. The highest BCUT2D eigenvalue weighted by atomic mass is 32.2. The molecule has 0 atom stereocenters. The SMILES string of the molecule is CCS(=O)(=O)Oc1cccc(CN(C(C)C)S(=O)(=O)c2ccc(C(C)(C)C)cc2)c1. The highest BCUT2D eigenvalue weighted by Gasteiger charge is 2.28. The van der Waals surface area contributed by atoms with E-state index in [9.17, 15) is 16.8 Å². The summed E-state index contributed by atoms with van der Waals surface area (Å²) in [7, 11) is -7.39. The zero-order valence-electron chi connectivity index (χ0n) is 18.4. The first-order valence-corrected chi connectivity index (χ1v) is 12.9. The normalized spacial score (nSPS) is 13.1. The molecular weight excluding hydrogens is 422 g/mol. The van der Waals surface area contributed by atoms with Gasteiger partial charge in [-0.1, -0.05) is 45.0 Å². The molecule has 8 heteroatoms. The summed E-state index contributed by atoms with van der Waals surface area (Å²) >= 11 is 0. The van der Waals surface area contributed by atoms with Gasteiger partial charge in [-0.15, -0.1) is 0 Å². The Kier molecular flexibility index (Phi) is 7.37. The van der Waals surface area contributed by atoms with E-state index in [2.05, 4.69) is 20.8 Å². The van der Waals surface area contributed by atoms with E-state index in [1.807, 2.05) is 26.0 Å².